The molecule has 1 aliphatic carbocycles. The summed E-state index contributed by atoms with van der Waals surface area (Å²) >= 11 is 0. The first-order chi connectivity index (χ1) is 7.93. The van der Waals surface area contributed by atoms with Crippen LogP contribution in [0, 0.1) is 0 Å². The molecule has 1 saturated carbocycles. The Morgan fingerprint density at radius 1 is 1.19 bits per heavy atom. The molecule has 0 amide bonds. The summed E-state index contributed by atoms with van der Waals surface area (Å²) in [5.41, 5.74) is 2.86. The number of nitrogens with one attached hydrogen (secondary N) is 1. The third kappa shape index (κ3) is 1.94. The molecule has 1 fully saturated rings. The van der Waals surface area contributed by atoms with E-state index in [0.29, 0.717) is 6.10 Å². The van der Waals surface area contributed by atoms with Gasteiger partial charge in [-0.2, -0.15) is 0 Å². The predicted molar refractivity (Wildman–Crippen MR) is 64.7 cm³/mol. The number of fused-ring (bicyclic) bond motifs is 1. The van der Waals surface area contributed by atoms with E-state index in [4.69, 9.17) is 4.74 Å². The van der Waals surface area contributed by atoms with Crippen LogP contribution in [-0.4, -0.2) is 12.6 Å². The summed E-state index contributed by atoms with van der Waals surface area (Å²) in [7, 11) is 0. The Morgan fingerprint density at radius 3 is 2.94 bits per heavy atom. The SMILES string of the molecule is c1cc2c(c(OC3CCCC3)c1)CCNC2. The van der Waals surface area contributed by atoms with Gasteiger partial charge in [0.1, 0.15) is 5.75 Å². The first-order valence-corrected chi connectivity index (χ1v) is 6.41. The lowest BCUT2D eigenvalue weighted by Crippen LogP contribution is -2.24. The lowest BCUT2D eigenvalue weighted by Gasteiger charge is -2.22. The van der Waals surface area contributed by atoms with Gasteiger partial charge in [-0.1, -0.05) is 12.1 Å². The second-order valence-corrected chi connectivity index (χ2v) is 4.84. The molecular weight excluding hydrogens is 198 g/mol. The molecule has 1 N–H and O–H groups in total. The molecule has 2 nitrogen and oxygen atoms in total. The van der Waals surface area contributed by atoms with Crippen molar-refractivity contribution in [3.05, 3.63) is 29.3 Å². The van der Waals surface area contributed by atoms with Gasteiger partial charge in [0, 0.05) is 6.54 Å². The van der Waals surface area contributed by atoms with Crippen molar-refractivity contribution in [3.8, 4) is 5.75 Å². The van der Waals surface area contributed by atoms with E-state index in [1.54, 1.807) is 0 Å². The van der Waals surface area contributed by atoms with Crippen molar-refractivity contribution in [1.82, 2.24) is 5.32 Å². The summed E-state index contributed by atoms with van der Waals surface area (Å²) in [5, 5.41) is 3.41. The van der Waals surface area contributed by atoms with Crippen molar-refractivity contribution in [2.45, 2.75) is 44.8 Å². The molecule has 1 heterocycles. The van der Waals surface area contributed by atoms with Crippen LogP contribution in [0.15, 0.2) is 18.2 Å². The van der Waals surface area contributed by atoms with Crippen LogP contribution in [-0.2, 0) is 13.0 Å². The minimum Gasteiger partial charge on any atom is -0.490 e. The monoisotopic (exact) mass is 217 g/mol. The molecule has 0 radical (unpaired) electrons. The van der Waals surface area contributed by atoms with Gasteiger partial charge in [0.25, 0.3) is 0 Å². The molecular formula is C14H19NO. The molecule has 2 aliphatic rings. The van der Waals surface area contributed by atoms with Crippen LogP contribution in [0.2, 0.25) is 0 Å². The lowest BCUT2D eigenvalue weighted by molar-refractivity contribution is 0.207. The minimum atomic E-state index is 0.474. The second-order valence-electron chi connectivity index (χ2n) is 4.84. The summed E-state index contributed by atoms with van der Waals surface area (Å²) in [6.45, 7) is 2.08. The zero-order valence-corrected chi connectivity index (χ0v) is 9.67. The van der Waals surface area contributed by atoms with Crippen molar-refractivity contribution >= 4 is 0 Å². The minimum absolute atomic E-state index is 0.474. The fourth-order valence-corrected chi connectivity index (χ4v) is 2.79. The van der Waals surface area contributed by atoms with E-state index >= 15 is 0 Å². The lowest BCUT2D eigenvalue weighted by atomic mass is 10.00. The quantitative estimate of drug-likeness (QED) is 0.822. The van der Waals surface area contributed by atoms with E-state index in [-0.39, 0.29) is 0 Å². The fraction of sp³-hybridized carbons (Fsp3) is 0.571. The Bertz CT molecular complexity index is 369. The van der Waals surface area contributed by atoms with Gasteiger partial charge in [-0.05, 0) is 55.8 Å². The van der Waals surface area contributed by atoms with Crippen LogP contribution in [0.5, 0.6) is 5.75 Å². The first kappa shape index (κ1) is 10.2. The van der Waals surface area contributed by atoms with E-state index < -0.39 is 0 Å². The largest absolute Gasteiger partial charge is 0.490 e. The molecule has 0 unspecified atom stereocenters. The fourth-order valence-electron chi connectivity index (χ4n) is 2.79. The van der Waals surface area contributed by atoms with Gasteiger partial charge in [-0.3, -0.25) is 0 Å². The molecule has 0 atom stereocenters. The highest BCUT2D eigenvalue weighted by Crippen LogP contribution is 2.29. The van der Waals surface area contributed by atoms with Gasteiger partial charge in [0.05, 0.1) is 6.10 Å². The van der Waals surface area contributed by atoms with Crippen LogP contribution in [0.1, 0.15) is 36.8 Å². The van der Waals surface area contributed by atoms with Crippen molar-refractivity contribution in [3.63, 3.8) is 0 Å². The number of ether oxygens (including phenoxy) is 1. The molecule has 1 aliphatic heterocycles. The van der Waals surface area contributed by atoms with E-state index in [9.17, 15) is 0 Å². The van der Waals surface area contributed by atoms with Crippen molar-refractivity contribution in [2.75, 3.05) is 6.54 Å². The Hall–Kier alpha value is -1.02. The summed E-state index contributed by atoms with van der Waals surface area (Å²) in [6.07, 6.45) is 6.73. The molecule has 0 bridgehead atoms. The maximum Gasteiger partial charge on any atom is 0.123 e. The maximum atomic E-state index is 6.15. The number of rotatable bonds is 2. The van der Waals surface area contributed by atoms with Gasteiger partial charge < -0.3 is 10.1 Å². The smallest absolute Gasteiger partial charge is 0.123 e. The van der Waals surface area contributed by atoms with Gasteiger partial charge in [0.15, 0.2) is 0 Å². The van der Waals surface area contributed by atoms with Crippen LogP contribution < -0.4 is 10.1 Å². The third-order valence-corrected chi connectivity index (χ3v) is 3.69. The summed E-state index contributed by atoms with van der Waals surface area (Å²) in [6, 6.07) is 6.47. The molecule has 0 spiro atoms. The Labute approximate surface area is 97.0 Å². The van der Waals surface area contributed by atoms with E-state index in [2.05, 4.69) is 23.5 Å². The molecule has 3 rings (SSSR count). The third-order valence-electron chi connectivity index (χ3n) is 3.69. The van der Waals surface area contributed by atoms with Crippen LogP contribution in [0.4, 0.5) is 0 Å². The highest BCUT2D eigenvalue weighted by atomic mass is 16.5. The normalized spacial score (nSPS) is 20.8. The van der Waals surface area contributed by atoms with Crippen molar-refractivity contribution in [1.29, 1.82) is 0 Å². The van der Waals surface area contributed by atoms with E-state index in [0.717, 1.165) is 25.3 Å². The molecule has 0 aromatic heterocycles. The standard InChI is InChI=1S/C14H19NO/c1-2-6-12(5-1)16-14-7-3-4-11-10-15-9-8-13(11)14/h3-4,7,12,15H,1-2,5-6,8-10H2. The molecule has 1 aromatic carbocycles. The summed E-state index contributed by atoms with van der Waals surface area (Å²) in [5.74, 6) is 1.14. The topological polar surface area (TPSA) is 21.3 Å². The Kier molecular flexibility index (Phi) is 2.83. The van der Waals surface area contributed by atoms with Gasteiger partial charge >= 0.3 is 0 Å². The number of benzene rings is 1. The second kappa shape index (κ2) is 4.46. The zero-order valence-electron chi connectivity index (χ0n) is 9.67. The average molecular weight is 217 g/mol. The first-order valence-electron chi connectivity index (χ1n) is 6.41. The highest BCUT2D eigenvalue weighted by Gasteiger charge is 2.19. The molecule has 1 aromatic rings. The highest BCUT2D eigenvalue weighted by molar-refractivity contribution is 5.41. The molecule has 2 heteroatoms. The van der Waals surface area contributed by atoms with Crippen molar-refractivity contribution < 1.29 is 4.74 Å². The molecule has 16 heavy (non-hydrogen) atoms. The van der Waals surface area contributed by atoms with E-state index in [1.807, 2.05) is 0 Å². The Balaban J connectivity index is 1.82. The summed E-state index contributed by atoms with van der Waals surface area (Å²) in [4.78, 5) is 0. The van der Waals surface area contributed by atoms with Gasteiger partial charge in [-0.25, -0.2) is 0 Å². The summed E-state index contributed by atoms with van der Waals surface area (Å²) < 4.78 is 6.15. The molecule has 0 saturated heterocycles. The van der Waals surface area contributed by atoms with Gasteiger partial charge in [-0.15, -0.1) is 0 Å². The van der Waals surface area contributed by atoms with Crippen LogP contribution in [0.3, 0.4) is 0 Å². The van der Waals surface area contributed by atoms with Crippen molar-refractivity contribution in [2.24, 2.45) is 0 Å². The molecule has 86 valence electrons. The number of hydrogen-bond acceptors (Lipinski definition) is 2. The van der Waals surface area contributed by atoms with Gasteiger partial charge in [0.2, 0.25) is 0 Å². The zero-order chi connectivity index (χ0) is 10.8. The number of hydrogen-bond donors (Lipinski definition) is 1. The van der Waals surface area contributed by atoms with Crippen LogP contribution >= 0.6 is 0 Å². The Morgan fingerprint density at radius 2 is 2.06 bits per heavy atom. The predicted octanol–water partition coefficient (Wildman–Crippen LogP) is 2.65. The van der Waals surface area contributed by atoms with Crippen LogP contribution in [0.25, 0.3) is 0 Å². The van der Waals surface area contributed by atoms with E-state index in [1.165, 1.54) is 36.8 Å². The maximum absolute atomic E-state index is 6.15. The average Bonchev–Trinajstić information content (AvgIpc) is 2.82.